The Labute approximate surface area is 98.6 Å². The molecule has 5 N–H and O–H groups in total. The van der Waals surface area contributed by atoms with E-state index < -0.39 is 12.0 Å². The second kappa shape index (κ2) is 4.99. The molecule has 1 atom stereocenters. The zero-order valence-corrected chi connectivity index (χ0v) is 9.31. The summed E-state index contributed by atoms with van der Waals surface area (Å²) in [4.78, 5) is 14.5. The molecule has 2 rings (SSSR count). The zero-order chi connectivity index (χ0) is 12.3. The summed E-state index contributed by atoms with van der Waals surface area (Å²) >= 11 is 0. The molecule has 5 heteroatoms. The van der Waals surface area contributed by atoms with Crippen molar-refractivity contribution in [2.75, 3.05) is 6.54 Å². The summed E-state index contributed by atoms with van der Waals surface area (Å²) in [6.07, 6.45) is 0.708. The fourth-order valence-electron chi connectivity index (χ4n) is 1.69. The number of hydrogen-bond acceptors (Lipinski definition) is 3. The van der Waals surface area contributed by atoms with Crippen molar-refractivity contribution in [1.82, 2.24) is 10.3 Å². The van der Waals surface area contributed by atoms with E-state index in [-0.39, 0.29) is 6.54 Å². The number of carbonyl (C=O) groups excluding carboxylic acids is 1. The van der Waals surface area contributed by atoms with E-state index >= 15 is 0 Å². The molecule has 1 unspecified atom stereocenters. The lowest BCUT2D eigenvalue weighted by atomic mass is 10.2. The van der Waals surface area contributed by atoms with Crippen LogP contribution in [0.5, 0.6) is 0 Å². The molecule has 0 radical (unpaired) electrons. The molecule has 0 aliphatic heterocycles. The Kier molecular flexibility index (Phi) is 3.41. The Hall–Kier alpha value is -1.85. The second-order valence-electron chi connectivity index (χ2n) is 3.83. The van der Waals surface area contributed by atoms with Gasteiger partial charge in [0.1, 0.15) is 6.10 Å². The first kappa shape index (κ1) is 11.6. The highest BCUT2D eigenvalue weighted by Crippen LogP contribution is 2.17. The summed E-state index contributed by atoms with van der Waals surface area (Å²) in [5, 5.41) is 12.9. The maximum Gasteiger partial charge on any atom is 0.250 e. The third-order valence-corrected chi connectivity index (χ3v) is 2.65. The Morgan fingerprint density at radius 2 is 2.24 bits per heavy atom. The monoisotopic (exact) mass is 233 g/mol. The highest BCUT2D eigenvalue weighted by atomic mass is 16.3. The van der Waals surface area contributed by atoms with Gasteiger partial charge in [0.05, 0.1) is 0 Å². The van der Waals surface area contributed by atoms with Crippen LogP contribution in [0.3, 0.4) is 0 Å². The number of aromatic amines is 1. The van der Waals surface area contributed by atoms with Crippen molar-refractivity contribution >= 4 is 16.8 Å². The summed E-state index contributed by atoms with van der Waals surface area (Å²) in [5.41, 5.74) is 7.20. The molecule has 0 aliphatic carbocycles. The number of nitrogens with two attached hydrogens (primary N) is 1. The average Bonchev–Trinajstić information content (AvgIpc) is 2.78. The predicted molar refractivity (Wildman–Crippen MR) is 65.2 cm³/mol. The van der Waals surface area contributed by atoms with E-state index in [1.807, 2.05) is 30.5 Å². The molecule has 2 aromatic rings. The molecule has 17 heavy (non-hydrogen) atoms. The second-order valence-corrected chi connectivity index (χ2v) is 3.83. The first-order valence-corrected chi connectivity index (χ1v) is 5.43. The molecule has 0 aliphatic rings. The topological polar surface area (TPSA) is 91.1 Å². The lowest BCUT2D eigenvalue weighted by molar-refractivity contribution is -0.128. The molecule has 1 aromatic carbocycles. The number of aliphatic hydroxyl groups excluding tert-OH is 1. The lowest BCUT2D eigenvalue weighted by Crippen LogP contribution is -2.38. The van der Waals surface area contributed by atoms with Gasteiger partial charge in [0.25, 0.3) is 0 Å². The summed E-state index contributed by atoms with van der Waals surface area (Å²) in [5.74, 6) is -0.446. The maximum absolute atomic E-state index is 11.4. The van der Waals surface area contributed by atoms with Crippen LogP contribution < -0.4 is 11.1 Å². The van der Waals surface area contributed by atoms with Crippen LogP contribution in [0.1, 0.15) is 5.56 Å². The molecule has 0 spiro atoms. The van der Waals surface area contributed by atoms with E-state index in [4.69, 9.17) is 5.73 Å². The summed E-state index contributed by atoms with van der Waals surface area (Å²) in [6.45, 7) is 0.305. The van der Waals surface area contributed by atoms with Gasteiger partial charge in [0.15, 0.2) is 0 Å². The number of benzene rings is 1. The molecule has 0 fully saturated rings. The van der Waals surface area contributed by atoms with Crippen LogP contribution in [0, 0.1) is 0 Å². The van der Waals surface area contributed by atoms with E-state index in [0.717, 1.165) is 16.5 Å². The molecule has 1 amide bonds. The minimum atomic E-state index is -1.14. The van der Waals surface area contributed by atoms with Crippen LogP contribution in [-0.2, 0) is 11.3 Å². The van der Waals surface area contributed by atoms with E-state index in [1.165, 1.54) is 0 Å². The summed E-state index contributed by atoms with van der Waals surface area (Å²) in [6, 6.07) is 7.83. The Morgan fingerprint density at radius 3 is 3.00 bits per heavy atom. The van der Waals surface area contributed by atoms with Crippen molar-refractivity contribution in [1.29, 1.82) is 0 Å². The van der Waals surface area contributed by atoms with Crippen molar-refractivity contribution in [2.24, 2.45) is 5.73 Å². The predicted octanol–water partition coefficient (Wildman–Crippen LogP) is 0.104. The van der Waals surface area contributed by atoms with Crippen LogP contribution in [0.15, 0.2) is 30.5 Å². The molecule has 0 bridgehead atoms. The van der Waals surface area contributed by atoms with Crippen molar-refractivity contribution in [3.05, 3.63) is 36.0 Å². The number of fused-ring (bicyclic) bond motifs is 1. The molecule has 90 valence electrons. The van der Waals surface area contributed by atoms with Gasteiger partial charge in [0, 0.05) is 30.2 Å². The number of hydrogen-bond donors (Lipinski definition) is 4. The number of carbonyl (C=O) groups is 1. The van der Waals surface area contributed by atoms with E-state index in [9.17, 15) is 9.90 Å². The molecule has 1 aromatic heterocycles. The van der Waals surface area contributed by atoms with Crippen LogP contribution >= 0.6 is 0 Å². The normalized spacial score (nSPS) is 12.6. The number of H-pyrrole nitrogens is 1. The van der Waals surface area contributed by atoms with Crippen molar-refractivity contribution in [3.8, 4) is 0 Å². The van der Waals surface area contributed by atoms with Gasteiger partial charge in [-0.1, -0.05) is 18.2 Å². The smallest absolute Gasteiger partial charge is 0.250 e. The minimum absolute atomic E-state index is 0.0697. The average molecular weight is 233 g/mol. The van der Waals surface area contributed by atoms with E-state index in [0.29, 0.717) is 6.54 Å². The minimum Gasteiger partial charge on any atom is -0.382 e. The number of para-hydroxylation sites is 1. The van der Waals surface area contributed by atoms with E-state index in [1.54, 1.807) is 0 Å². The highest BCUT2D eigenvalue weighted by Gasteiger charge is 2.12. The van der Waals surface area contributed by atoms with Crippen LogP contribution in [0.4, 0.5) is 0 Å². The van der Waals surface area contributed by atoms with Gasteiger partial charge in [0.2, 0.25) is 5.91 Å². The first-order valence-electron chi connectivity index (χ1n) is 5.43. The van der Waals surface area contributed by atoms with Crippen molar-refractivity contribution in [2.45, 2.75) is 12.6 Å². The molecular weight excluding hydrogens is 218 g/mol. The fourth-order valence-corrected chi connectivity index (χ4v) is 1.69. The highest BCUT2D eigenvalue weighted by molar-refractivity contribution is 5.84. The van der Waals surface area contributed by atoms with Gasteiger partial charge >= 0.3 is 0 Å². The Morgan fingerprint density at radius 1 is 1.47 bits per heavy atom. The molecule has 0 saturated heterocycles. The van der Waals surface area contributed by atoms with Crippen LogP contribution in [-0.4, -0.2) is 28.6 Å². The van der Waals surface area contributed by atoms with Gasteiger partial charge in [-0.25, -0.2) is 0 Å². The zero-order valence-electron chi connectivity index (χ0n) is 9.31. The molecular formula is C12H15N3O2. The number of amides is 1. The number of aromatic nitrogens is 1. The van der Waals surface area contributed by atoms with Gasteiger partial charge in [-0.3, -0.25) is 4.79 Å². The van der Waals surface area contributed by atoms with Gasteiger partial charge in [-0.15, -0.1) is 0 Å². The lowest BCUT2D eigenvalue weighted by Gasteiger charge is -2.08. The van der Waals surface area contributed by atoms with Gasteiger partial charge < -0.3 is 21.1 Å². The number of rotatable bonds is 4. The summed E-state index contributed by atoms with van der Waals surface area (Å²) < 4.78 is 0. The first-order chi connectivity index (χ1) is 8.22. The van der Waals surface area contributed by atoms with E-state index in [2.05, 4.69) is 10.3 Å². The van der Waals surface area contributed by atoms with Gasteiger partial charge in [-0.05, 0) is 11.6 Å². The third-order valence-electron chi connectivity index (χ3n) is 2.65. The van der Waals surface area contributed by atoms with Crippen molar-refractivity contribution in [3.63, 3.8) is 0 Å². The Bertz CT molecular complexity index is 521. The van der Waals surface area contributed by atoms with Crippen LogP contribution in [0.2, 0.25) is 0 Å². The quantitative estimate of drug-likeness (QED) is 0.603. The molecule has 5 nitrogen and oxygen atoms in total. The number of aliphatic hydroxyl groups is 1. The standard InChI is InChI=1S/C12H15N3O2/c13-5-11(16)12(17)15-7-8-6-14-10-4-2-1-3-9(8)10/h1-4,6,11,14,16H,5,7,13H2,(H,15,17). The summed E-state index contributed by atoms with van der Waals surface area (Å²) in [7, 11) is 0. The SMILES string of the molecule is NCC(O)C(=O)NCc1c[nH]c2ccccc12. The van der Waals surface area contributed by atoms with Gasteiger partial charge in [-0.2, -0.15) is 0 Å². The largest absolute Gasteiger partial charge is 0.382 e. The maximum atomic E-state index is 11.4. The fraction of sp³-hybridized carbons (Fsp3) is 0.250. The van der Waals surface area contributed by atoms with Crippen molar-refractivity contribution < 1.29 is 9.90 Å². The molecule has 1 heterocycles. The number of nitrogens with one attached hydrogen (secondary N) is 2. The van der Waals surface area contributed by atoms with Crippen LogP contribution in [0.25, 0.3) is 10.9 Å². The molecule has 0 saturated carbocycles. The Balaban J connectivity index is 2.07. The third kappa shape index (κ3) is 2.46.